The first kappa shape index (κ1) is 10.2. The molecule has 0 bridgehead atoms. The van der Waals surface area contributed by atoms with E-state index >= 15 is 0 Å². The molecule has 0 fully saturated rings. The second kappa shape index (κ2) is 4.40. The van der Waals surface area contributed by atoms with Crippen LogP contribution in [0.15, 0.2) is 10.6 Å². The number of carbonyl (C=O) groups excluding carboxylic acids is 2. The Labute approximate surface area is 80.6 Å². The summed E-state index contributed by atoms with van der Waals surface area (Å²) in [6.07, 6.45) is 0. The van der Waals surface area contributed by atoms with E-state index in [1.807, 2.05) is 0 Å². The highest BCUT2D eigenvalue weighted by molar-refractivity contribution is 6.02. The lowest BCUT2D eigenvalue weighted by Gasteiger charge is -2.00. The van der Waals surface area contributed by atoms with Crippen LogP contribution in [0.1, 0.15) is 23.2 Å². The monoisotopic (exact) mass is 197 g/mol. The molecule has 3 amide bonds. The summed E-state index contributed by atoms with van der Waals surface area (Å²) in [6, 6.07) is 0.910. The summed E-state index contributed by atoms with van der Waals surface area (Å²) in [6.45, 7) is 3.87. The Morgan fingerprint density at radius 1 is 1.57 bits per heavy atom. The molecule has 0 atom stereocenters. The molecule has 14 heavy (non-hydrogen) atoms. The molecule has 2 N–H and O–H groups in total. The van der Waals surface area contributed by atoms with Crippen molar-refractivity contribution in [1.29, 1.82) is 0 Å². The lowest BCUT2D eigenvalue weighted by Crippen LogP contribution is -2.39. The van der Waals surface area contributed by atoms with Gasteiger partial charge in [0.05, 0.1) is 0 Å². The number of amides is 3. The molecular formula is C8H11N3O3. The fourth-order valence-electron chi connectivity index (χ4n) is 0.845. The van der Waals surface area contributed by atoms with Gasteiger partial charge in [-0.25, -0.2) is 4.79 Å². The first-order valence-electron chi connectivity index (χ1n) is 4.16. The van der Waals surface area contributed by atoms with Gasteiger partial charge >= 0.3 is 6.03 Å². The van der Waals surface area contributed by atoms with Gasteiger partial charge in [-0.15, -0.1) is 0 Å². The Kier molecular flexibility index (Phi) is 3.22. The molecular weight excluding hydrogens is 186 g/mol. The number of urea groups is 1. The van der Waals surface area contributed by atoms with Gasteiger partial charge in [0.25, 0.3) is 5.91 Å². The van der Waals surface area contributed by atoms with Crippen molar-refractivity contribution in [2.75, 3.05) is 6.54 Å². The quantitative estimate of drug-likeness (QED) is 0.720. The average molecular weight is 197 g/mol. The Bertz CT molecular complexity index is 345. The summed E-state index contributed by atoms with van der Waals surface area (Å²) < 4.78 is 4.68. The topological polar surface area (TPSA) is 84.2 Å². The van der Waals surface area contributed by atoms with Crippen LogP contribution in [-0.4, -0.2) is 23.6 Å². The van der Waals surface area contributed by atoms with Crippen LogP contribution in [0.2, 0.25) is 0 Å². The number of hydrogen-bond donors (Lipinski definition) is 2. The second-order valence-electron chi connectivity index (χ2n) is 2.64. The number of imide groups is 1. The number of hydrogen-bond acceptors (Lipinski definition) is 4. The molecule has 0 spiro atoms. The van der Waals surface area contributed by atoms with Crippen LogP contribution >= 0.6 is 0 Å². The van der Waals surface area contributed by atoms with Crippen molar-refractivity contribution in [3.05, 3.63) is 17.5 Å². The SMILES string of the molecule is CCNC(=O)NC(=O)c1cc(C)on1. The van der Waals surface area contributed by atoms with Gasteiger partial charge in [-0.05, 0) is 13.8 Å². The molecule has 0 aliphatic rings. The standard InChI is InChI=1S/C8H11N3O3/c1-3-9-8(13)10-7(12)6-4-5(2)14-11-6/h4H,3H2,1-2H3,(H2,9,10,12,13). The predicted molar refractivity (Wildman–Crippen MR) is 47.8 cm³/mol. The molecule has 6 heteroatoms. The summed E-state index contributed by atoms with van der Waals surface area (Å²) in [7, 11) is 0. The number of nitrogens with zero attached hydrogens (tertiary/aromatic N) is 1. The second-order valence-corrected chi connectivity index (χ2v) is 2.64. The van der Waals surface area contributed by atoms with Crippen LogP contribution in [0.4, 0.5) is 4.79 Å². The summed E-state index contributed by atoms with van der Waals surface area (Å²) in [5.74, 6) is -0.0566. The Balaban J connectivity index is 2.55. The van der Waals surface area contributed by atoms with Crippen LogP contribution in [0.5, 0.6) is 0 Å². The van der Waals surface area contributed by atoms with Gasteiger partial charge in [0.2, 0.25) is 0 Å². The van der Waals surface area contributed by atoms with Crippen molar-refractivity contribution >= 4 is 11.9 Å². The van der Waals surface area contributed by atoms with Crippen LogP contribution in [0.25, 0.3) is 0 Å². The van der Waals surface area contributed by atoms with Gasteiger partial charge in [0, 0.05) is 12.6 Å². The van der Waals surface area contributed by atoms with Crippen molar-refractivity contribution in [2.45, 2.75) is 13.8 Å². The van der Waals surface area contributed by atoms with Crippen LogP contribution in [0, 0.1) is 6.92 Å². The van der Waals surface area contributed by atoms with Crippen molar-refractivity contribution < 1.29 is 14.1 Å². The Morgan fingerprint density at radius 2 is 2.29 bits per heavy atom. The third-order valence-electron chi connectivity index (χ3n) is 1.43. The van der Waals surface area contributed by atoms with Gasteiger partial charge in [-0.3, -0.25) is 10.1 Å². The zero-order valence-corrected chi connectivity index (χ0v) is 7.96. The van der Waals surface area contributed by atoms with Gasteiger partial charge in [-0.1, -0.05) is 5.16 Å². The van der Waals surface area contributed by atoms with E-state index in [1.165, 1.54) is 6.07 Å². The van der Waals surface area contributed by atoms with Gasteiger partial charge in [0.1, 0.15) is 5.76 Å². The number of aryl methyl sites for hydroxylation is 1. The van der Waals surface area contributed by atoms with Crippen LogP contribution in [0.3, 0.4) is 0 Å². The van der Waals surface area contributed by atoms with E-state index in [2.05, 4.69) is 20.3 Å². The molecule has 0 unspecified atom stereocenters. The summed E-state index contributed by atoms with van der Waals surface area (Å²) >= 11 is 0. The molecule has 1 rings (SSSR count). The fraction of sp³-hybridized carbons (Fsp3) is 0.375. The highest BCUT2D eigenvalue weighted by Crippen LogP contribution is 2.00. The van der Waals surface area contributed by atoms with Gasteiger partial charge in [0.15, 0.2) is 5.69 Å². The summed E-state index contributed by atoms with van der Waals surface area (Å²) in [4.78, 5) is 22.2. The Morgan fingerprint density at radius 3 is 2.79 bits per heavy atom. The number of rotatable bonds is 2. The van der Waals surface area contributed by atoms with E-state index in [4.69, 9.17) is 0 Å². The Hall–Kier alpha value is -1.85. The highest BCUT2D eigenvalue weighted by atomic mass is 16.5. The van der Waals surface area contributed by atoms with Gasteiger partial charge < -0.3 is 9.84 Å². The minimum absolute atomic E-state index is 0.0914. The molecule has 1 heterocycles. The van der Waals surface area contributed by atoms with E-state index < -0.39 is 11.9 Å². The number of carbonyl (C=O) groups is 2. The molecule has 76 valence electrons. The van der Waals surface area contributed by atoms with Crippen molar-refractivity contribution in [1.82, 2.24) is 15.8 Å². The molecule has 0 aliphatic heterocycles. The minimum atomic E-state index is -0.576. The minimum Gasteiger partial charge on any atom is -0.361 e. The smallest absolute Gasteiger partial charge is 0.321 e. The first-order chi connectivity index (χ1) is 6.63. The average Bonchev–Trinajstić information content (AvgIpc) is 2.52. The third-order valence-corrected chi connectivity index (χ3v) is 1.43. The van der Waals surface area contributed by atoms with Crippen molar-refractivity contribution in [3.63, 3.8) is 0 Å². The maximum absolute atomic E-state index is 11.2. The predicted octanol–water partition coefficient (Wildman–Crippen LogP) is 0.442. The van der Waals surface area contributed by atoms with Crippen LogP contribution in [-0.2, 0) is 0 Å². The van der Waals surface area contributed by atoms with Gasteiger partial charge in [-0.2, -0.15) is 0 Å². The molecule has 0 aliphatic carbocycles. The van der Waals surface area contributed by atoms with Crippen molar-refractivity contribution in [3.8, 4) is 0 Å². The highest BCUT2D eigenvalue weighted by Gasteiger charge is 2.13. The molecule has 1 aromatic rings. The van der Waals surface area contributed by atoms with Crippen LogP contribution < -0.4 is 10.6 Å². The lowest BCUT2D eigenvalue weighted by molar-refractivity contribution is 0.0955. The largest absolute Gasteiger partial charge is 0.361 e. The van der Waals surface area contributed by atoms with E-state index in [-0.39, 0.29) is 5.69 Å². The zero-order chi connectivity index (χ0) is 10.6. The molecule has 0 saturated heterocycles. The van der Waals surface area contributed by atoms with E-state index in [0.717, 1.165) is 0 Å². The molecule has 6 nitrogen and oxygen atoms in total. The third kappa shape index (κ3) is 2.58. The lowest BCUT2D eigenvalue weighted by atomic mass is 10.3. The normalized spacial score (nSPS) is 9.57. The first-order valence-corrected chi connectivity index (χ1v) is 4.16. The molecule has 0 aromatic carbocycles. The summed E-state index contributed by atoms with van der Waals surface area (Å²) in [5.41, 5.74) is 0.0914. The maximum Gasteiger partial charge on any atom is 0.321 e. The van der Waals surface area contributed by atoms with E-state index in [9.17, 15) is 9.59 Å². The maximum atomic E-state index is 11.2. The number of aromatic nitrogens is 1. The molecule has 1 aromatic heterocycles. The molecule has 0 radical (unpaired) electrons. The van der Waals surface area contributed by atoms with E-state index in [1.54, 1.807) is 13.8 Å². The van der Waals surface area contributed by atoms with Crippen molar-refractivity contribution in [2.24, 2.45) is 0 Å². The fourth-order valence-corrected chi connectivity index (χ4v) is 0.845. The summed E-state index contributed by atoms with van der Waals surface area (Å²) in [5, 5.41) is 7.98. The number of nitrogens with one attached hydrogen (secondary N) is 2. The molecule has 0 saturated carbocycles. The zero-order valence-electron chi connectivity index (χ0n) is 7.96. The van der Waals surface area contributed by atoms with E-state index in [0.29, 0.717) is 12.3 Å².